The molecule has 0 amide bonds. The molecule has 0 atom stereocenters. The number of para-hydroxylation sites is 1. The zero-order chi connectivity index (χ0) is 19.3. The molecule has 1 fully saturated rings. The maximum Gasteiger partial charge on any atom is 0.254 e. The summed E-state index contributed by atoms with van der Waals surface area (Å²) in [6.45, 7) is 1.69. The molecule has 0 bridgehead atoms. The van der Waals surface area contributed by atoms with Crippen LogP contribution in [-0.2, 0) is 27.8 Å². The lowest BCUT2D eigenvalue weighted by molar-refractivity contribution is 0.181. The average Bonchev–Trinajstić information content (AvgIpc) is 3.27. The number of nitrogens with zero attached hydrogens (tertiary/aromatic N) is 6. The molecule has 0 unspecified atom stereocenters. The first kappa shape index (κ1) is 17.4. The Morgan fingerprint density at radius 2 is 2.07 bits per heavy atom. The quantitative estimate of drug-likeness (QED) is 0.627. The van der Waals surface area contributed by atoms with Gasteiger partial charge in [0.2, 0.25) is 10.0 Å². The fourth-order valence-corrected chi connectivity index (χ4v) is 5.75. The van der Waals surface area contributed by atoms with Crippen molar-refractivity contribution in [3.8, 4) is 0 Å². The van der Waals surface area contributed by atoms with Crippen molar-refractivity contribution >= 4 is 27.3 Å². The number of fused-ring (bicyclic) bond motifs is 2. The van der Waals surface area contributed by atoms with E-state index in [1.54, 1.807) is 15.9 Å². The Morgan fingerprint density at radius 1 is 1.25 bits per heavy atom. The molecule has 2 aromatic heterocycles. The highest BCUT2D eigenvalue weighted by Gasteiger charge is 2.43. The molecule has 10 heteroatoms. The monoisotopic (exact) mass is 400 g/mol. The fourth-order valence-electron chi connectivity index (χ4n) is 3.86. The number of ether oxygens (including phenoxy) is 1. The molecule has 146 valence electrons. The molecular weight excluding hydrogens is 380 g/mol. The summed E-state index contributed by atoms with van der Waals surface area (Å²) in [5.41, 5.74) is 2.63. The van der Waals surface area contributed by atoms with Gasteiger partial charge >= 0.3 is 0 Å². The molecule has 0 radical (unpaired) electrons. The molecular formula is C18H20N6O3S. The Hall–Kier alpha value is -2.72. The molecule has 4 heterocycles. The first-order valence-electron chi connectivity index (χ1n) is 9.11. The van der Waals surface area contributed by atoms with E-state index >= 15 is 0 Å². The molecule has 2 aliphatic heterocycles. The summed E-state index contributed by atoms with van der Waals surface area (Å²) in [7, 11) is -1.80. The molecule has 0 spiro atoms. The number of aromatic nitrogens is 4. The maximum absolute atomic E-state index is 13.2. The molecule has 9 nitrogen and oxygen atoms in total. The summed E-state index contributed by atoms with van der Waals surface area (Å²) in [5, 5.41) is 3.77. The van der Waals surface area contributed by atoms with Gasteiger partial charge in [0.25, 0.3) is 5.78 Å². The number of benzene rings is 1. The second kappa shape index (κ2) is 6.42. The van der Waals surface area contributed by atoms with Gasteiger partial charge in [-0.25, -0.2) is 13.4 Å². The zero-order valence-electron chi connectivity index (χ0n) is 15.4. The highest BCUT2D eigenvalue weighted by atomic mass is 32.2. The smallest absolute Gasteiger partial charge is 0.254 e. The lowest BCUT2D eigenvalue weighted by Crippen LogP contribution is -2.59. The van der Waals surface area contributed by atoms with Crippen molar-refractivity contribution in [2.75, 3.05) is 35.9 Å². The molecule has 0 saturated carbocycles. The second-order valence-corrected chi connectivity index (χ2v) is 9.17. The van der Waals surface area contributed by atoms with Crippen LogP contribution in [0.1, 0.15) is 11.3 Å². The van der Waals surface area contributed by atoms with Gasteiger partial charge in [0.1, 0.15) is 17.4 Å². The van der Waals surface area contributed by atoms with E-state index in [2.05, 4.69) is 15.1 Å². The van der Waals surface area contributed by atoms with Crippen molar-refractivity contribution < 1.29 is 13.2 Å². The normalized spacial score (nSPS) is 17.2. The SMILES string of the molecule is COCc1cc(N2CC(S(=O)(=O)N3CCc4ccccc43)C2)n2ncnc2n1. The van der Waals surface area contributed by atoms with Crippen LogP contribution in [0.4, 0.5) is 11.5 Å². The zero-order valence-corrected chi connectivity index (χ0v) is 16.2. The van der Waals surface area contributed by atoms with Gasteiger partial charge in [-0.15, -0.1) is 0 Å². The van der Waals surface area contributed by atoms with Crippen molar-refractivity contribution in [2.24, 2.45) is 0 Å². The van der Waals surface area contributed by atoms with Gasteiger partial charge in [-0.1, -0.05) is 18.2 Å². The van der Waals surface area contributed by atoms with Crippen molar-refractivity contribution in [3.05, 3.63) is 47.9 Å². The Kier molecular flexibility index (Phi) is 3.98. The standard InChI is InChI=1S/C18H20N6O3S/c1-27-11-14-8-17(24-18(21-14)19-12-20-24)22-9-15(10-22)28(25,26)23-7-6-13-4-2-3-5-16(13)23/h2-5,8,12,15H,6-7,9-11H2,1H3. The van der Waals surface area contributed by atoms with E-state index in [0.717, 1.165) is 29.2 Å². The van der Waals surface area contributed by atoms with Gasteiger partial charge in [0.05, 0.1) is 18.0 Å². The first-order valence-corrected chi connectivity index (χ1v) is 10.6. The summed E-state index contributed by atoms with van der Waals surface area (Å²) in [4.78, 5) is 10.5. The van der Waals surface area contributed by atoms with E-state index in [9.17, 15) is 8.42 Å². The van der Waals surface area contributed by atoms with Gasteiger partial charge in [-0.05, 0) is 18.1 Å². The van der Waals surface area contributed by atoms with Crippen LogP contribution in [0.5, 0.6) is 0 Å². The molecule has 0 N–H and O–H groups in total. The van der Waals surface area contributed by atoms with Crippen molar-refractivity contribution in [1.82, 2.24) is 19.6 Å². The molecule has 1 saturated heterocycles. The van der Waals surface area contributed by atoms with Crippen LogP contribution in [0.15, 0.2) is 36.7 Å². The van der Waals surface area contributed by atoms with Crippen LogP contribution in [-0.4, -0.2) is 60.0 Å². The molecule has 2 aliphatic rings. The van der Waals surface area contributed by atoms with Crippen LogP contribution < -0.4 is 9.21 Å². The van der Waals surface area contributed by atoms with E-state index in [-0.39, 0.29) is 0 Å². The third kappa shape index (κ3) is 2.63. The Balaban J connectivity index is 1.39. The minimum absolute atomic E-state index is 0.358. The van der Waals surface area contributed by atoms with Gasteiger partial charge in [0.15, 0.2) is 0 Å². The number of hydrogen-bond donors (Lipinski definition) is 0. The summed E-state index contributed by atoms with van der Waals surface area (Å²) < 4.78 is 34.7. The van der Waals surface area contributed by atoms with Gasteiger partial charge in [0, 0.05) is 32.8 Å². The van der Waals surface area contributed by atoms with Crippen molar-refractivity contribution in [3.63, 3.8) is 0 Å². The summed E-state index contributed by atoms with van der Waals surface area (Å²) in [5.74, 6) is 1.26. The number of hydrogen-bond acceptors (Lipinski definition) is 7. The largest absolute Gasteiger partial charge is 0.378 e. The van der Waals surface area contributed by atoms with Crippen LogP contribution in [0.25, 0.3) is 5.78 Å². The Bertz CT molecular complexity index is 1140. The molecule has 28 heavy (non-hydrogen) atoms. The van der Waals surface area contributed by atoms with Crippen molar-refractivity contribution in [2.45, 2.75) is 18.3 Å². The van der Waals surface area contributed by atoms with Crippen molar-refractivity contribution in [1.29, 1.82) is 0 Å². The third-order valence-electron chi connectivity index (χ3n) is 5.32. The molecule has 5 rings (SSSR count). The van der Waals surface area contributed by atoms with Gasteiger partial charge < -0.3 is 9.64 Å². The molecule has 1 aromatic carbocycles. The lowest BCUT2D eigenvalue weighted by atomic mass is 10.2. The summed E-state index contributed by atoms with van der Waals surface area (Å²) in [6.07, 6.45) is 2.20. The average molecular weight is 400 g/mol. The van der Waals surface area contributed by atoms with Gasteiger partial charge in [-0.2, -0.15) is 14.6 Å². The highest BCUT2D eigenvalue weighted by molar-refractivity contribution is 7.93. The lowest BCUT2D eigenvalue weighted by Gasteiger charge is -2.41. The van der Waals surface area contributed by atoms with E-state index in [4.69, 9.17) is 4.74 Å². The number of anilines is 2. The van der Waals surface area contributed by atoms with E-state index in [1.165, 1.54) is 6.33 Å². The predicted molar refractivity (Wildman–Crippen MR) is 104 cm³/mol. The Labute approximate surface area is 162 Å². The topological polar surface area (TPSA) is 92.9 Å². The molecule has 3 aromatic rings. The minimum atomic E-state index is -3.41. The van der Waals surface area contributed by atoms with E-state index in [0.29, 0.717) is 32.0 Å². The number of sulfonamides is 1. The van der Waals surface area contributed by atoms with Crippen LogP contribution in [0.3, 0.4) is 0 Å². The highest BCUT2D eigenvalue weighted by Crippen LogP contribution is 2.34. The number of methoxy groups -OCH3 is 1. The summed E-state index contributed by atoms with van der Waals surface area (Å²) >= 11 is 0. The minimum Gasteiger partial charge on any atom is -0.378 e. The van der Waals surface area contributed by atoms with Gasteiger partial charge in [-0.3, -0.25) is 4.31 Å². The maximum atomic E-state index is 13.2. The van der Waals surface area contributed by atoms with Crippen LogP contribution in [0.2, 0.25) is 0 Å². The molecule has 0 aliphatic carbocycles. The second-order valence-electron chi connectivity index (χ2n) is 7.03. The van der Waals surface area contributed by atoms with E-state index in [1.807, 2.05) is 35.2 Å². The third-order valence-corrected chi connectivity index (χ3v) is 7.46. The van der Waals surface area contributed by atoms with E-state index < -0.39 is 15.3 Å². The van der Waals surface area contributed by atoms with Crippen LogP contribution in [0, 0.1) is 0 Å². The Morgan fingerprint density at radius 3 is 2.89 bits per heavy atom. The number of rotatable bonds is 5. The fraction of sp³-hybridized carbons (Fsp3) is 0.389. The summed E-state index contributed by atoms with van der Waals surface area (Å²) in [6, 6.07) is 9.59. The van der Waals surface area contributed by atoms with Crippen LogP contribution >= 0.6 is 0 Å². The first-order chi connectivity index (χ1) is 13.6. The predicted octanol–water partition coefficient (Wildman–Crippen LogP) is 0.852.